The van der Waals surface area contributed by atoms with Crippen molar-refractivity contribution in [3.8, 4) is 0 Å². The highest BCUT2D eigenvalue weighted by molar-refractivity contribution is 5.69. The minimum Gasteiger partial charge on any atom is -0.481 e. The van der Waals surface area contributed by atoms with E-state index < -0.39 is 5.97 Å². The number of carbonyl (C=O) groups excluding carboxylic acids is 1. The lowest BCUT2D eigenvalue weighted by atomic mass is 10.1. The Bertz CT molecular complexity index is 463. The van der Waals surface area contributed by atoms with Crippen molar-refractivity contribution in [1.82, 2.24) is 0 Å². The quantitative estimate of drug-likeness (QED) is 0.0756. The third-order valence-electron chi connectivity index (χ3n) is 7.24. The van der Waals surface area contributed by atoms with Crippen molar-refractivity contribution >= 4 is 11.9 Å². The monoisotopic (exact) mass is 541 g/mol. The van der Waals surface area contributed by atoms with E-state index in [-0.39, 0.29) is 5.97 Å². The van der Waals surface area contributed by atoms with Crippen molar-refractivity contribution in [3.05, 3.63) is 0 Å². The van der Waals surface area contributed by atoms with Gasteiger partial charge in [0.15, 0.2) is 0 Å². The van der Waals surface area contributed by atoms with Crippen LogP contribution in [0.4, 0.5) is 0 Å². The summed E-state index contributed by atoms with van der Waals surface area (Å²) in [6, 6.07) is 0. The van der Waals surface area contributed by atoms with Crippen LogP contribution in [0, 0.1) is 0 Å². The lowest BCUT2D eigenvalue weighted by Crippen LogP contribution is -2.05. The van der Waals surface area contributed by atoms with E-state index in [1.165, 1.54) is 141 Å². The molecule has 0 aromatic carbocycles. The van der Waals surface area contributed by atoms with Crippen LogP contribution in [0.5, 0.6) is 0 Å². The predicted molar refractivity (Wildman–Crippen MR) is 165 cm³/mol. The molecule has 0 unspecified atom stereocenters. The molecule has 0 heterocycles. The van der Waals surface area contributed by atoms with Crippen LogP contribution in [0.25, 0.3) is 0 Å². The molecule has 0 rings (SSSR count). The highest BCUT2D eigenvalue weighted by Gasteiger charge is 2.02. The fourth-order valence-electron chi connectivity index (χ4n) is 4.66. The first-order valence-electron chi connectivity index (χ1n) is 17.0. The van der Waals surface area contributed by atoms with Crippen molar-refractivity contribution in [3.63, 3.8) is 0 Å². The van der Waals surface area contributed by atoms with E-state index in [4.69, 9.17) is 9.84 Å². The molecule has 4 nitrogen and oxygen atoms in total. The minimum atomic E-state index is -0.659. The Balaban J connectivity index is 0. The molecule has 0 spiro atoms. The second-order valence-corrected chi connectivity index (χ2v) is 11.2. The standard InChI is InChI=1S/C22H44O2.C12H24O2/c1-3-5-7-9-11-12-13-14-15-16-18-20-22(23)24-21-19-17-10-8-6-4-2;1-2-3-4-5-6-7-8-9-10-11-12(13)14/h3-21H2,1-2H3;2-11H2,1H3,(H,13,14). The van der Waals surface area contributed by atoms with Gasteiger partial charge in [0, 0.05) is 12.8 Å². The first kappa shape index (κ1) is 39.1. The van der Waals surface area contributed by atoms with Gasteiger partial charge in [-0.3, -0.25) is 9.59 Å². The molecule has 0 fully saturated rings. The summed E-state index contributed by atoms with van der Waals surface area (Å²) in [5, 5.41) is 8.41. The predicted octanol–water partition coefficient (Wildman–Crippen LogP) is 11.6. The summed E-state index contributed by atoms with van der Waals surface area (Å²) in [4.78, 5) is 21.8. The normalized spacial score (nSPS) is 10.7. The summed E-state index contributed by atoms with van der Waals surface area (Å²) in [7, 11) is 0. The smallest absolute Gasteiger partial charge is 0.305 e. The Hall–Kier alpha value is -1.06. The van der Waals surface area contributed by atoms with Gasteiger partial charge in [-0.2, -0.15) is 0 Å². The Labute approximate surface area is 238 Å². The number of carbonyl (C=O) groups is 2. The second kappa shape index (κ2) is 35.9. The summed E-state index contributed by atoms with van der Waals surface area (Å²) in [6.07, 6.45) is 34.1. The minimum absolute atomic E-state index is 0.0134. The zero-order chi connectivity index (χ0) is 28.4. The van der Waals surface area contributed by atoms with Gasteiger partial charge in [-0.25, -0.2) is 0 Å². The average molecular weight is 541 g/mol. The van der Waals surface area contributed by atoms with Crippen LogP contribution in [0.15, 0.2) is 0 Å². The van der Waals surface area contributed by atoms with E-state index >= 15 is 0 Å². The zero-order valence-corrected chi connectivity index (χ0v) is 26.2. The Kier molecular flexibility index (Phi) is 37.0. The van der Waals surface area contributed by atoms with Crippen LogP contribution < -0.4 is 0 Å². The highest BCUT2D eigenvalue weighted by atomic mass is 16.5. The molecule has 0 aliphatic heterocycles. The fourth-order valence-corrected chi connectivity index (χ4v) is 4.66. The van der Waals surface area contributed by atoms with E-state index in [2.05, 4.69) is 20.8 Å². The highest BCUT2D eigenvalue weighted by Crippen LogP contribution is 2.13. The summed E-state index contributed by atoms with van der Waals surface area (Å²) in [6.45, 7) is 7.36. The number of aliphatic carboxylic acids is 1. The number of carboxylic acids is 1. The van der Waals surface area contributed by atoms with E-state index in [9.17, 15) is 9.59 Å². The number of hydrogen-bond donors (Lipinski definition) is 1. The van der Waals surface area contributed by atoms with Crippen LogP contribution in [0.1, 0.15) is 201 Å². The van der Waals surface area contributed by atoms with Gasteiger partial charge in [0.2, 0.25) is 0 Å². The second-order valence-electron chi connectivity index (χ2n) is 11.2. The molecular formula is C34H68O4. The van der Waals surface area contributed by atoms with Crippen LogP contribution in [0.3, 0.4) is 0 Å². The van der Waals surface area contributed by atoms with Gasteiger partial charge in [0.05, 0.1) is 6.61 Å². The van der Waals surface area contributed by atoms with Gasteiger partial charge in [0.25, 0.3) is 0 Å². The lowest BCUT2D eigenvalue weighted by Gasteiger charge is -2.05. The Morgan fingerprint density at radius 3 is 1.05 bits per heavy atom. The molecule has 228 valence electrons. The molecule has 0 aliphatic rings. The third kappa shape index (κ3) is 39.5. The average Bonchev–Trinajstić information content (AvgIpc) is 2.90. The molecule has 0 aliphatic carbocycles. The molecule has 0 saturated carbocycles. The number of hydrogen-bond acceptors (Lipinski definition) is 3. The number of ether oxygens (including phenoxy) is 1. The van der Waals surface area contributed by atoms with Gasteiger partial charge in [-0.15, -0.1) is 0 Å². The van der Waals surface area contributed by atoms with Crippen molar-refractivity contribution in [2.24, 2.45) is 0 Å². The van der Waals surface area contributed by atoms with Crippen molar-refractivity contribution < 1.29 is 19.4 Å². The van der Waals surface area contributed by atoms with E-state index in [0.29, 0.717) is 19.4 Å². The van der Waals surface area contributed by atoms with Gasteiger partial charge >= 0.3 is 11.9 Å². The van der Waals surface area contributed by atoms with Gasteiger partial charge in [-0.1, -0.05) is 168 Å². The lowest BCUT2D eigenvalue weighted by molar-refractivity contribution is -0.144. The molecule has 0 atom stereocenters. The van der Waals surface area contributed by atoms with Crippen LogP contribution in [-0.4, -0.2) is 23.7 Å². The van der Waals surface area contributed by atoms with Crippen molar-refractivity contribution in [1.29, 1.82) is 0 Å². The topological polar surface area (TPSA) is 63.6 Å². The van der Waals surface area contributed by atoms with Crippen LogP contribution in [0.2, 0.25) is 0 Å². The van der Waals surface area contributed by atoms with Crippen molar-refractivity contribution in [2.45, 2.75) is 201 Å². The summed E-state index contributed by atoms with van der Waals surface area (Å²) >= 11 is 0. The molecule has 0 aromatic heterocycles. The summed E-state index contributed by atoms with van der Waals surface area (Å²) in [5.74, 6) is -0.646. The van der Waals surface area contributed by atoms with E-state index in [1.807, 2.05) is 0 Å². The fraction of sp³-hybridized carbons (Fsp3) is 0.941. The third-order valence-corrected chi connectivity index (χ3v) is 7.24. The number of rotatable bonds is 29. The molecule has 4 heteroatoms. The maximum absolute atomic E-state index is 11.6. The first-order chi connectivity index (χ1) is 18.6. The summed E-state index contributed by atoms with van der Waals surface area (Å²) in [5.41, 5.74) is 0. The molecule has 0 saturated heterocycles. The number of carboxylic acid groups (broad SMARTS) is 1. The molecule has 38 heavy (non-hydrogen) atoms. The Morgan fingerprint density at radius 1 is 0.421 bits per heavy atom. The Morgan fingerprint density at radius 2 is 0.711 bits per heavy atom. The maximum atomic E-state index is 11.6. The molecule has 0 bridgehead atoms. The van der Waals surface area contributed by atoms with Gasteiger partial charge < -0.3 is 9.84 Å². The van der Waals surface area contributed by atoms with E-state index in [1.54, 1.807) is 0 Å². The molecule has 0 amide bonds. The molecule has 0 radical (unpaired) electrons. The van der Waals surface area contributed by atoms with Gasteiger partial charge in [0.1, 0.15) is 0 Å². The van der Waals surface area contributed by atoms with Crippen LogP contribution >= 0.6 is 0 Å². The largest absolute Gasteiger partial charge is 0.481 e. The van der Waals surface area contributed by atoms with Gasteiger partial charge in [-0.05, 0) is 19.3 Å². The van der Waals surface area contributed by atoms with E-state index in [0.717, 1.165) is 25.7 Å². The summed E-state index contributed by atoms with van der Waals surface area (Å²) < 4.78 is 5.30. The molecule has 1 N–H and O–H groups in total. The molecule has 0 aromatic rings. The zero-order valence-electron chi connectivity index (χ0n) is 26.2. The number of esters is 1. The first-order valence-corrected chi connectivity index (χ1v) is 17.0. The maximum Gasteiger partial charge on any atom is 0.305 e. The van der Waals surface area contributed by atoms with Crippen molar-refractivity contribution in [2.75, 3.05) is 6.61 Å². The SMILES string of the molecule is CCCCCCCCCCCC(=O)O.CCCCCCCCCCCCCC(=O)OCCCCCCCC. The van der Waals surface area contributed by atoms with Crippen LogP contribution in [-0.2, 0) is 14.3 Å². The number of unbranched alkanes of at least 4 members (excludes halogenated alkanes) is 23. The molecular weight excluding hydrogens is 472 g/mol.